The molecule has 2 atom stereocenters. The van der Waals surface area contributed by atoms with Gasteiger partial charge in [-0.2, -0.15) is 0 Å². The zero-order chi connectivity index (χ0) is 13.3. The van der Waals surface area contributed by atoms with Gasteiger partial charge in [0.25, 0.3) is 0 Å². The summed E-state index contributed by atoms with van der Waals surface area (Å²) in [5.74, 6) is 1.47. The Morgan fingerprint density at radius 2 is 1.94 bits per heavy atom. The van der Waals surface area contributed by atoms with Gasteiger partial charge in [-0.25, -0.2) is 0 Å². The van der Waals surface area contributed by atoms with E-state index in [9.17, 15) is 0 Å². The Morgan fingerprint density at radius 3 is 2.50 bits per heavy atom. The van der Waals surface area contributed by atoms with Crippen molar-refractivity contribution in [1.29, 1.82) is 0 Å². The zero-order valence-corrected chi connectivity index (χ0v) is 12.2. The minimum absolute atomic E-state index is 0.153. The lowest BCUT2D eigenvalue weighted by Gasteiger charge is -2.21. The molecule has 0 radical (unpaired) electrons. The predicted octanol–water partition coefficient (Wildman–Crippen LogP) is 3.69. The van der Waals surface area contributed by atoms with Gasteiger partial charge in [-0.3, -0.25) is 4.99 Å². The van der Waals surface area contributed by atoms with Crippen molar-refractivity contribution >= 4 is 5.71 Å². The molecule has 1 fully saturated rings. The van der Waals surface area contributed by atoms with Crippen molar-refractivity contribution in [2.45, 2.75) is 47.0 Å². The first-order valence-corrected chi connectivity index (χ1v) is 7.09. The summed E-state index contributed by atoms with van der Waals surface area (Å²) in [6, 6.07) is 0. The molecule has 2 nitrogen and oxygen atoms in total. The summed E-state index contributed by atoms with van der Waals surface area (Å²) in [6.45, 7) is 9.82. The largest absolute Gasteiger partial charge is 0.399 e. The van der Waals surface area contributed by atoms with Gasteiger partial charge in [0.2, 0.25) is 0 Å². The van der Waals surface area contributed by atoms with Gasteiger partial charge in [-0.05, 0) is 41.9 Å². The van der Waals surface area contributed by atoms with E-state index in [-0.39, 0.29) is 5.41 Å². The first-order valence-electron chi connectivity index (χ1n) is 7.09. The second-order valence-electron chi connectivity index (χ2n) is 6.92. The minimum Gasteiger partial charge on any atom is -0.399 e. The number of allylic oxidation sites excluding steroid dienone is 2. The number of nitrogens with two attached hydrogens (primary N) is 1. The molecular formula is C16H26N2. The van der Waals surface area contributed by atoms with Gasteiger partial charge in [-0.15, -0.1) is 0 Å². The highest BCUT2D eigenvalue weighted by Gasteiger charge is 2.26. The van der Waals surface area contributed by atoms with Crippen molar-refractivity contribution in [1.82, 2.24) is 0 Å². The van der Waals surface area contributed by atoms with Crippen molar-refractivity contribution in [2.75, 3.05) is 6.54 Å². The van der Waals surface area contributed by atoms with E-state index in [1.54, 1.807) is 0 Å². The summed E-state index contributed by atoms with van der Waals surface area (Å²) < 4.78 is 0. The van der Waals surface area contributed by atoms with Crippen LogP contribution in [-0.2, 0) is 0 Å². The molecule has 0 aromatic heterocycles. The van der Waals surface area contributed by atoms with Crippen LogP contribution in [0.25, 0.3) is 0 Å². The normalized spacial score (nSPS) is 29.4. The molecule has 1 heterocycles. The minimum atomic E-state index is 0.153. The Kier molecular flexibility index (Phi) is 3.65. The second kappa shape index (κ2) is 4.91. The molecular weight excluding hydrogens is 220 g/mol. The summed E-state index contributed by atoms with van der Waals surface area (Å²) >= 11 is 0. The molecule has 100 valence electrons. The third-order valence-electron chi connectivity index (χ3n) is 4.16. The fourth-order valence-corrected chi connectivity index (χ4v) is 2.86. The Hall–Kier alpha value is -1.05. The summed E-state index contributed by atoms with van der Waals surface area (Å²) in [5, 5.41) is 0. The number of hydrogen-bond acceptors (Lipinski definition) is 2. The van der Waals surface area contributed by atoms with Crippen LogP contribution in [0, 0.1) is 17.3 Å². The highest BCUT2D eigenvalue weighted by molar-refractivity contribution is 5.98. The van der Waals surface area contributed by atoms with Gasteiger partial charge in [0.15, 0.2) is 0 Å². The molecule has 0 bridgehead atoms. The molecule has 0 aromatic carbocycles. The van der Waals surface area contributed by atoms with Crippen LogP contribution in [0.2, 0.25) is 0 Å². The van der Waals surface area contributed by atoms with Gasteiger partial charge in [-0.1, -0.05) is 34.1 Å². The maximum Gasteiger partial charge on any atom is 0.0611 e. The maximum atomic E-state index is 6.12. The van der Waals surface area contributed by atoms with Crippen LogP contribution in [0.4, 0.5) is 0 Å². The predicted molar refractivity (Wildman–Crippen MR) is 78.6 cm³/mol. The molecule has 1 aliphatic carbocycles. The molecule has 18 heavy (non-hydrogen) atoms. The van der Waals surface area contributed by atoms with Crippen LogP contribution in [0.3, 0.4) is 0 Å². The highest BCUT2D eigenvalue weighted by atomic mass is 14.8. The van der Waals surface area contributed by atoms with E-state index >= 15 is 0 Å². The van der Waals surface area contributed by atoms with Crippen molar-refractivity contribution < 1.29 is 0 Å². The topological polar surface area (TPSA) is 38.4 Å². The fraction of sp³-hybridized carbons (Fsp3) is 0.688. The van der Waals surface area contributed by atoms with E-state index in [4.69, 9.17) is 10.7 Å². The van der Waals surface area contributed by atoms with Crippen molar-refractivity contribution in [3.05, 3.63) is 23.4 Å². The van der Waals surface area contributed by atoms with E-state index in [1.807, 2.05) is 0 Å². The molecule has 0 saturated heterocycles. The smallest absolute Gasteiger partial charge is 0.0611 e. The summed E-state index contributed by atoms with van der Waals surface area (Å²) in [6.07, 6.45) is 8.09. The number of rotatable bonds is 1. The van der Waals surface area contributed by atoms with Gasteiger partial charge < -0.3 is 5.73 Å². The van der Waals surface area contributed by atoms with Crippen LogP contribution < -0.4 is 5.73 Å². The number of nitrogens with zero attached hydrogens (tertiary/aromatic N) is 1. The highest BCUT2D eigenvalue weighted by Crippen LogP contribution is 2.33. The SMILES string of the molecule is C[C@@H]1CC[C@H](C2=NCC(C(C)(C)C)=CC(N)=C2)C1. The number of hydrogen-bond donors (Lipinski definition) is 1. The van der Waals surface area contributed by atoms with Crippen molar-refractivity contribution in [3.63, 3.8) is 0 Å². The molecule has 0 unspecified atom stereocenters. The van der Waals surface area contributed by atoms with Crippen LogP contribution >= 0.6 is 0 Å². The van der Waals surface area contributed by atoms with E-state index in [0.717, 1.165) is 18.2 Å². The second-order valence-corrected chi connectivity index (χ2v) is 6.92. The Labute approximate surface area is 111 Å². The third-order valence-corrected chi connectivity index (χ3v) is 4.16. The maximum absolute atomic E-state index is 6.12. The first kappa shape index (κ1) is 13.4. The molecule has 2 rings (SSSR count). The van der Waals surface area contributed by atoms with Crippen LogP contribution in [0.1, 0.15) is 47.0 Å². The monoisotopic (exact) mass is 246 g/mol. The average molecular weight is 246 g/mol. The molecule has 2 heteroatoms. The molecule has 0 amide bonds. The molecule has 1 saturated carbocycles. The molecule has 0 spiro atoms. The fourth-order valence-electron chi connectivity index (χ4n) is 2.86. The average Bonchev–Trinajstić information content (AvgIpc) is 2.56. The van der Waals surface area contributed by atoms with E-state index < -0.39 is 0 Å². The summed E-state index contributed by atoms with van der Waals surface area (Å²) in [7, 11) is 0. The standard InChI is InChI=1S/C16H26N2/c1-11-5-6-12(7-11)15-9-14(17)8-13(10-18-15)16(2,3)4/h8-9,11-12H,5-7,10,17H2,1-4H3/t11-,12+/m1/s1. The molecule has 0 aromatic rings. The Morgan fingerprint density at radius 1 is 1.22 bits per heavy atom. The van der Waals surface area contributed by atoms with E-state index in [1.165, 1.54) is 30.5 Å². The van der Waals surface area contributed by atoms with E-state index in [2.05, 4.69) is 39.8 Å². The molecule has 2 aliphatic rings. The van der Waals surface area contributed by atoms with Crippen LogP contribution in [-0.4, -0.2) is 12.3 Å². The summed E-state index contributed by atoms with van der Waals surface area (Å²) in [5.41, 5.74) is 9.70. The number of aliphatic imine (C=N–C) groups is 1. The summed E-state index contributed by atoms with van der Waals surface area (Å²) in [4.78, 5) is 4.83. The van der Waals surface area contributed by atoms with Crippen molar-refractivity contribution in [2.24, 2.45) is 28.0 Å². The van der Waals surface area contributed by atoms with Crippen LogP contribution in [0.15, 0.2) is 28.4 Å². The lowest BCUT2D eigenvalue weighted by atomic mass is 9.86. The Balaban J connectivity index is 2.18. The van der Waals surface area contributed by atoms with Gasteiger partial charge >= 0.3 is 0 Å². The van der Waals surface area contributed by atoms with Crippen molar-refractivity contribution in [3.8, 4) is 0 Å². The zero-order valence-electron chi connectivity index (χ0n) is 12.2. The Bertz CT molecular complexity index is 407. The third kappa shape index (κ3) is 3.04. The lowest BCUT2D eigenvalue weighted by molar-refractivity contribution is 0.495. The van der Waals surface area contributed by atoms with E-state index in [0.29, 0.717) is 5.92 Å². The van der Waals surface area contributed by atoms with Gasteiger partial charge in [0, 0.05) is 17.3 Å². The molecule has 2 N–H and O–H groups in total. The van der Waals surface area contributed by atoms with Gasteiger partial charge in [0.1, 0.15) is 0 Å². The van der Waals surface area contributed by atoms with Crippen LogP contribution in [0.5, 0.6) is 0 Å². The quantitative estimate of drug-likeness (QED) is 0.753. The lowest BCUT2D eigenvalue weighted by Crippen LogP contribution is -2.13. The van der Waals surface area contributed by atoms with Gasteiger partial charge in [0.05, 0.1) is 6.54 Å². The molecule has 1 aliphatic heterocycles. The first-order chi connectivity index (χ1) is 8.36.